The summed E-state index contributed by atoms with van der Waals surface area (Å²) in [6.07, 6.45) is 1.24. The summed E-state index contributed by atoms with van der Waals surface area (Å²) in [6, 6.07) is 10.7. The number of nitrogens with one attached hydrogen (secondary N) is 2. The predicted octanol–water partition coefficient (Wildman–Crippen LogP) is 3.94. The van der Waals surface area contributed by atoms with Crippen LogP contribution in [-0.2, 0) is 10.0 Å². The second-order valence-corrected chi connectivity index (χ2v) is 7.30. The van der Waals surface area contributed by atoms with Gasteiger partial charge in [0.2, 0.25) is 0 Å². The van der Waals surface area contributed by atoms with Crippen molar-refractivity contribution >= 4 is 15.7 Å². The first-order valence-corrected chi connectivity index (χ1v) is 8.96. The fraction of sp³-hybridized carbons (Fsp3) is 0.0556. The molecule has 0 spiro atoms. The summed E-state index contributed by atoms with van der Waals surface area (Å²) in [5.41, 5.74) is 1.52. The number of hydrogen-bond donors (Lipinski definition) is 2. The van der Waals surface area contributed by atoms with Crippen LogP contribution in [0.4, 0.5) is 14.5 Å². The van der Waals surface area contributed by atoms with Crippen LogP contribution in [0.1, 0.15) is 11.1 Å². The van der Waals surface area contributed by atoms with Gasteiger partial charge in [0.15, 0.2) is 0 Å². The summed E-state index contributed by atoms with van der Waals surface area (Å²) >= 11 is 0. The zero-order valence-corrected chi connectivity index (χ0v) is 14.4. The topological polar surface area (TPSA) is 85.8 Å². The number of anilines is 1. The highest BCUT2D eigenvalue weighted by atomic mass is 32.2. The third kappa shape index (κ3) is 3.43. The maximum atomic E-state index is 13.9. The van der Waals surface area contributed by atoms with E-state index in [0.717, 1.165) is 11.6 Å². The van der Waals surface area contributed by atoms with Crippen LogP contribution in [0, 0.1) is 29.9 Å². The highest BCUT2D eigenvalue weighted by Gasteiger charge is 2.19. The molecule has 0 aliphatic carbocycles. The summed E-state index contributed by atoms with van der Waals surface area (Å²) < 4.78 is 54.5. The van der Waals surface area contributed by atoms with Gasteiger partial charge in [-0.1, -0.05) is 6.07 Å². The molecule has 2 aromatic carbocycles. The molecule has 3 rings (SSSR count). The smallest absolute Gasteiger partial charge is 0.263 e. The lowest BCUT2D eigenvalue weighted by atomic mass is 10.1. The average Bonchev–Trinajstić information content (AvgIpc) is 3.09. The molecule has 0 saturated heterocycles. The van der Waals surface area contributed by atoms with E-state index >= 15 is 0 Å². The highest BCUT2D eigenvalue weighted by Crippen LogP contribution is 2.27. The van der Waals surface area contributed by atoms with Crippen LogP contribution in [0.3, 0.4) is 0 Å². The minimum absolute atomic E-state index is 0.0796. The number of nitriles is 1. The first-order valence-electron chi connectivity index (χ1n) is 7.47. The SMILES string of the molecule is Cc1ccc(F)cc1-c1cc(S(=O)(=O)Nc2ccc(C#N)cc2F)c[nH]1. The predicted molar refractivity (Wildman–Crippen MR) is 92.8 cm³/mol. The van der Waals surface area contributed by atoms with Crippen molar-refractivity contribution in [3.8, 4) is 17.3 Å². The third-order valence-electron chi connectivity index (χ3n) is 3.80. The maximum absolute atomic E-state index is 13.9. The molecule has 3 aromatic rings. The number of H-pyrrole nitrogens is 1. The molecule has 1 heterocycles. The van der Waals surface area contributed by atoms with Gasteiger partial charge >= 0.3 is 0 Å². The maximum Gasteiger partial charge on any atom is 0.263 e. The van der Waals surface area contributed by atoms with Crippen molar-refractivity contribution in [1.29, 1.82) is 5.26 Å². The van der Waals surface area contributed by atoms with Crippen LogP contribution >= 0.6 is 0 Å². The molecule has 0 aliphatic rings. The Labute approximate surface area is 149 Å². The van der Waals surface area contributed by atoms with E-state index < -0.39 is 21.7 Å². The summed E-state index contributed by atoms with van der Waals surface area (Å²) in [6.45, 7) is 1.77. The Morgan fingerprint density at radius 1 is 1.12 bits per heavy atom. The summed E-state index contributed by atoms with van der Waals surface area (Å²) in [5.74, 6) is -1.30. The Morgan fingerprint density at radius 3 is 2.58 bits per heavy atom. The average molecular weight is 373 g/mol. The van der Waals surface area contributed by atoms with Gasteiger partial charge in [0, 0.05) is 17.5 Å². The first kappa shape index (κ1) is 17.6. The van der Waals surface area contributed by atoms with Crippen molar-refractivity contribution in [2.45, 2.75) is 11.8 Å². The van der Waals surface area contributed by atoms with Gasteiger partial charge in [0.25, 0.3) is 10.0 Å². The zero-order valence-electron chi connectivity index (χ0n) is 13.5. The van der Waals surface area contributed by atoms with Crippen LogP contribution in [-0.4, -0.2) is 13.4 Å². The molecule has 0 aliphatic heterocycles. The van der Waals surface area contributed by atoms with E-state index in [0.29, 0.717) is 11.3 Å². The first-order chi connectivity index (χ1) is 12.3. The van der Waals surface area contributed by atoms with Gasteiger partial charge in [-0.05, 0) is 48.9 Å². The van der Waals surface area contributed by atoms with E-state index in [4.69, 9.17) is 5.26 Å². The van der Waals surface area contributed by atoms with Crippen molar-refractivity contribution in [2.24, 2.45) is 0 Å². The number of halogens is 2. The number of aryl methyl sites for hydroxylation is 1. The fourth-order valence-electron chi connectivity index (χ4n) is 2.44. The molecule has 1 aromatic heterocycles. The van der Waals surface area contributed by atoms with Crippen LogP contribution < -0.4 is 4.72 Å². The number of rotatable bonds is 4. The molecule has 0 fully saturated rings. The molecule has 0 atom stereocenters. The van der Waals surface area contributed by atoms with Crippen molar-refractivity contribution in [1.82, 2.24) is 4.98 Å². The van der Waals surface area contributed by atoms with Crippen molar-refractivity contribution < 1.29 is 17.2 Å². The van der Waals surface area contributed by atoms with Crippen LogP contribution in [0.15, 0.2) is 53.6 Å². The Bertz CT molecular complexity index is 1130. The van der Waals surface area contributed by atoms with Gasteiger partial charge in [0.05, 0.1) is 17.3 Å². The lowest BCUT2D eigenvalue weighted by molar-refractivity contribution is 0.598. The molecule has 132 valence electrons. The normalized spacial score (nSPS) is 11.2. The van der Waals surface area contributed by atoms with Gasteiger partial charge in [-0.3, -0.25) is 4.72 Å². The van der Waals surface area contributed by atoms with Gasteiger partial charge in [0.1, 0.15) is 16.5 Å². The largest absolute Gasteiger partial charge is 0.360 e. The molecular formula is C18H13F2N3O2S. The van der Waals surface area contributed by atoms with Crippen molar-refractivity contribution in [3.63, 3.8) is 0 Å². The van der Waals surface area contributed by atoms with E-state index in [2.05, 4.69) is 9.71 Å². The van der Waals surface area contributed by atoms with Gasteiger partial charge < -0.3 is 4.98 Å². The Morgan fingerprint density at radius 2 is 1.88 bits per heavy atom. The van der Waals surface area contributed by atoms with Crippen LogP contribution in [0.25, 0.3) is 11.3 Å². The summed E-state index contributed by atoms with van der Waals surface area (Å²) in [4.78, 5) is 2.67. The standard InChI is InChI=1S/C18H13F2N3O2S/c1-11-2-4-13(19)7-15(11)18-8-14(10-22-18)26(24,25)23-17-5-3-12(9-21)6-16(17)20/h2-8,10,22-23H,1H3. The number of benzene rings is 2. The molecular weight excluding hydrogens is 360 g/mol. The minimum atomic E-state index is -4.06. The quantitative estimate of drug-likeness (QED) is 0.726. The van der Waals surface area contributed by atoms with E-state index in [9.17, 15) is 17.2 Å². The molecule has 5 nitrogen and oxygen atoms in total. The molecule has 0 bridgehead atoms. The Hall–Kier alpha value is -3.18. The van der Waals surface area contributed by atoms with E-state index in [1.54, 1.807) is 19.1 Å². The lowest BCUT2D eigenvalue weighted by Crippen LogP contribution is -2.13. The molecule has 0 saturated carbocycles. The van der Waals surface area contributed by atoms with Gasteiger partial charge in [-0.25, -0.2) is 17.2 Å². The minimum Gasteiger partial charge on any atom is -0.360 e. The Balaban J connectivity index is 1.93. The molecule has 26 heavy (non-hydrogen) atoms. The summed E-state index contributed by atoms with van der Waals surface area (Å²) in [7, 11) is -4.06. The number of nitrogens with zero attached hydrogens (tertiary/aromatic N) is 1. The second-order valence-electron chi connectivity index (χ2n) is 5.62. The molecule has 8 heteroatoms. The van der Waals surface area contributed by atoms with Crippen LogP contribution in [0.2, 0.25) is 0 Å². The fourth-order valence-corrected chi connectivity index (χ4v) is 3.50. The lowest BCUT2D eigenvalue weighted by Gasteiger charge is -2.07. The third-order valence-corrected chi connectivity index (χ3v) is 5.14. The van der Waals surface area contributed by atoms with E-state index in [-0.39, 0.29) is 16.1 Å². The van der Waals surface area contributed by atoms with E-state index in [1.807, 2.05) is 0 Å². The van der Waals surface area contributed by atoms with Gasteiger partial charge in [-0.15, -0.1) is 0 Å². The zero-order chi connectivity index (χ0) is 18.9. The number of hydrogen-bond acceptors (Lipinski definition) is 3. The van der Waals surface area contributed by atoms with Crippen molar-refractivity contribution in [3.05, 3.63) is 71.4 Å². The molecule has 0 unspecified atom stereocenters. The molecule has 0 amide bonds. The second kappa shape index (κ2) is 6.61. The molecule has 0 radical (unpaired) electrons. The van der Waals surface area contributed by atoms with Crippen molar-refractivity contribution in [2.75, 3.05) is 4.72 Å². The van der Waals surface area contributed by atoms with E-state index in [1.165, 1.54) is 36.5 Å². The molecule has 2 N–H and O–H groups in total. The number of aromatic nitrogens is 1. The highest BCUT2D eigenvalue weighted by molar-refractivity contribution is 7.92. The van der Waals surface area contributed by atoms with Gasteiger partial charge in [-0.2, -0.15) is 5.26 Å². The monoisotopic (exact) mass is 373 g/mol. The Kier molecular flexibility index (Phi) is 4.49. The van der Waals surface area contributed by atoms with Crippen LogP contribution in [0.5, 0.6) is 0 Å². The number of sulfonamides is 1. The summed E-state index contributed by atoms with van der Waals surface area (Å²) in [5, 5.41) is 8.73. The number of aromatic amines is 1.